The van der Waals surface area contributed by atoms with Crippen LogP contribution in [0, 0.1) is 0 Å². The zero-order valence-electron chi connectivity index (χ0n) is 19.2. The Morgan fingerprint density at radius 2 is 1.83 bits per heavy atom. The van der Waals surface area contributed by atoms with Crippen LogP contribution in [-0.4, -0.2) is 60.2 Å². The van der Waals surface area contributed by atoms with Crippen molar-refractivity contribution < 1.29 is 13.2 Å². The fraction of sp³-hybridized carbons (Fsp3) is 0.333. The standard InChI is InChI=1S/C24H27F3N8/c1-2-34-9-11-35(12-10-34)19-6-3-17(4-7-19)24(28)29-15-20(23(25,26)27)22(32-24)31-18-5-8-21-16(13-18)14-30-33-21/h3-8,13-15,31-32H,2,9-12,28H2,1H3,(H,30,33). The Kier molecular flexibility index (Phi) is 5.89. The number of fused-ring (bicyclic) bond motifs is 1. The number of rotatable bonds is 5. The quantitative estimate of drug-likeness (QED) is 0.444. The van der Waals surface area contributed by atoms with Gasteiger partial charge in [-0.3, -0.25) is 10.8 Å². The molecule has 184 valence electrons. The molecule has 11 heteroatoms. The molecular weight excluding hydrogens is 457 g/mol. The fourth-order valence-corrected chi connectivity index (χ4v) is 4.39. The minimum atomic E-state index is -4.62. The van der Waals surface area contributed by atoms with Gasteiger partial charge in [0.05, 0.1) is 11.7 Å². The molecule has 1 fully saturated rings. The van der Waals surface area contributed by atoms with Crippen molar-refractivity contribution in [3.63, 3.8) is 0 Å². The summed E-state index contributed by atoms with van der Waals surface area (Å²) in [5.41, 5.74) is 8.39. The summed E-state index contributed by atoms with van der Waals surface area (Å²) < 4.78 is 41.3. The number of nitrogens with one attached hydrogen (secondary N) is 3. The summed E-state index contributed by atoms with van der Waals surface area (Å²) in [5.74, 6) is -1.83. The van der Waals surface area contributed by atoms with Gasteiger partial charge in [-0.05, 0) is 36.9 Å². The first-order valence-electron chi connectivity index (χ1n) is 11.5. The number of allylic oxidation sites excluding steroid dienone is 1. The Labute approximate surface area is 200 Å². The van der Waals surface area contributed by atoms with Crippen molar-refractivity contribution in [1.29, 1.82) is 0 Å². The lowest BCUT2D eigenvalue weighted by Crippen LogP contribution is -2.53. The molecule has 35 heavy (non-hydrogen) atoms. The highest BCUT2D eigenvalue weighted by Gasteiger charge is 2.41. The number of nitrogens with zero attached hydrogens (tertiary/aromatic N) is 4. The third-order valence-corrected chi connectivity index (χ3v) is 6.49. The first kappa shape index (κ1) is 23.2. The lowest BCUT2D eigenvalue weighted by atomic mass is 10.0. The lowest BCUT2D eigenvalue weighted by Gasteiger charge is -2.36. The number of aromatic nitrogens is 2. The minimum absolute atomic E-state index is 0.266. The van der Waals surface area contributed by atoms with Gasteiger partial charge in [0.25, 0.3) is 0 Å². The highest BCUT2D eigenvalue weighted by atomic mass is 19.4. The predicted molar refractivity (Wildman–Crippen MR) is 131 cm³/mol. The summed E-state index contributed by atoms with van der Waals surface area (Å²) in [4.78, 5) is 8.75. The molecule has 3 aromatic rings. The second-order valence-corrected chi connectivity index (χ2v) is 8.70. The van der Waals surface area contributed by atoms with Crippen LogP contribution in [0.5, 0.6) is 0 Å². The molecule has 5 N–H and O–H groups in total. The maximum Gasteiger partial charge on any atom is 0.421 e. The monoisotopic (exact) mass is 484 g/mol. The van der Waals surface area contributed by atoms with E-state index in [-0.39, 0.29) is 5.82 Å². The number of benzene rings is 2. The Morgan fingerprint density at radius 3 is 2.51 bits per heavy atom. The average Bonchev–Trinajstić information content (AvgIpc) is 3.31. The number of piperazine rings is 1. The van der Waals surface area contributed by atoms with Crippen molar-refractivity contribution in [2.45, 2.75) is 18.9 Å². The molecular formula is C24H27F3N8. The third-order valence-electron chi connectivity index (χ3n) is 6.49. The summed E-state index contributed by atoms with van der Waals surface area (Å²) in [6, 6.07) is 12.6. The molecule has 1 atom stereocenters. The molecule has 3 heterocycles. The highest BCUT2D eigenvalue weighted by molar-refractivity contribution is 5.85. The molecule has 1 unspecified atom stereocenters. The molecule has 0 amide bonds. The zero-order valence-corrected chi connectivity index (χ0v) is 19.2. The zero-order chi connectivity index (χ0) is 24.6. The van der Waals surface area contributed by atoms with Gasteiger partial charge >= 0.3 is 6.18 Å². The minimum Gasteiger partial charge on any atom is -0.369 e. The number of halogens is 3. The fourth-order valence-electron chi connectivity index (χ4n) is 4.39. The number of aliphatic imine (C=N–C) groups is 1. The van der Waals surface area contributed by atoms with Crippen LogP contribution in [0.3, 0.4) is 0 Å². The number of nitrogens with two attached hydrogens (primary N) is 1. The van der Waals surface area contributed by atoms with Crippen LogP contribution in [0.2, 0.25) is 0 Å². The molecule has 0 aliphatic carbocycles. The van der Waals surface area contributed by atoms with E-state index in [0.717, 1.165) is 55.5 Å². The second-order valence-electron chi connectivity index (χ2n) is 8.70. The highest BCUT2D eigenvalue weighted by Crippen LogP contribution is 2.33. The summed E-state index contributed by atoms with van der Waals surface area (Å²) in [5, 5.41) is 13.2. The molecule has 2 aromatic carbocycles. The van der Waals surface area contributed by atoms with Crippen LogP contribution in [0.25, 0.3) is 10.9 Å². The third kappa shape index (κ3) is 4.69. The van der Waals surface area contributed by atoms with Crippen molar-refractivity contribution in [3.8, 4) is 0 Å². The van der Waals surface area contributed by atoms with E-state index in [1.54, 1.807) is 36.5 Å². The topological polar surface area (TPSA) is 97.6 Å². The van der Waals surface area contributed by atoms with Gasteiger partial charge in [-0.1, -0.05) is 19.1 Å². The maximum absolute atomic E-state index is 13.8. The van der Waals surface area contributed by atoms with E-state index < -0.39 is 17.5 Å². The van der Waals surface area contributed by atoms with Crippen LogP contribution < -0.4 is 21.3 Å². The van der Waals surface area contributed by atoms with E-state index in [1.807, 2.05) is 12.1 Å². The van der Waals surface area contributed by atoms with Crippen LogP contribution in [0.15, 0.2) is 65.0 Å². The Bertz CT molecular complexity index is 1260. The van der Waals surface area contributed by atoms with E-state index in [9.17, 15) is 13.2 Å². The number of hydrogen-bond acceptors (Lipinski definition) is 7. The normalized spacial score (nSPS) is 21.5. The van der Waals surface area contributed by atoms with E-state index >= 15 is 0 Å². The Hall–Kier alpha value is -3.57. The summed E-state index contributed by atoms with van der Waals surface area (Å²) in [7, 11) is 0. The summed E-state index contributed by atoms with van der Waals surface area (Å²) >= 11 is 0. The number of hydrogen-bond donors (Lipinski definition) is 4. The van der Waals surface area contributed by atoms with Crippen molar-refractivity contribution in [1.82, 2.24) is 20.4 Å². The van der Waals surface area contributed by atoms with Crippen molar-refractivity contribution >= 4 is 28.5 Å². The summed E-state index contributed by atoms with van der Waals surface area (Å²) in [6.45, 7) is 7.02. The van der Waals surface area contributed by atoms with Gasteiger partial charge in [0.2, 0.25) is 5.79 Å². The molecule has 2 aliphatic heterocycles. The van der Waals surface area contributed by atoms with Gasteiger partial charge in [0.15, 0.2) is 0 Å². The van der Waals surface area contributed by atoms with Gasteiger partial charge in [0.1, 0.15) is 11.4 Å². The molecule has 8 nitrogen and oxygen atoms in total. The van der Waals surface area contributed by atoms with Crippen molar-refractivity contribution in [2.24, 2.45) is 10.7 Å². The number of anilines is 2. The van der Waals surface area contributed by atoms with Crippen LogP contribution in [-0.2, 0) is 5.79 Å². The average molecular weight is 485 g/mol. The molecule has 0 bridgehead atoms. The largest absolute Gasteiger partial charge is 0.421 e. The Balaban J connectivity index is 1.38. The van der Waals surface area contributed by atoms with Crippen molar-refractivity contribution in [3.05, 3.63) is 65.6 Å². The van der Waals surface area contributed by atoms with Gasteiger partial charge < -0.3 is 20.4 Å². The number of H-pyrrole nitrogens is 1. The van der Waals surface area contributed by atoms with Gasteiger partial charge in [0, 0.05) is 54.7 Å². The van der Waals surface area contributed by atoms with Crippen LogP contribution >= 0.6 is 0 Å². The number of alkyl halides is 3. The number of likely N-dealkylation sites (N-methyl/N-ethyl adjacent to an activating group) is 1. The van der Waals surface area contributed by atoms with E-state index in [1.165, 1.54) is 0 Å². The number of aromatic amines is 1. The van der Waals surface area contributed by atoms with E-state index in [0.29, 0.717) is 11.3 Å². The molecule has 1 saturated heterocycles. The molecule has 2 aliphatic rings. The van der Waals surface area contributed by atoms with E-state index in [4.69, 9.17) is 5.73 Å². The van der Waals surface area contributed by atoms with E-state index in [2.05, 4.69) is 42.5 Å². The smallest absolute Gasteiger partial charge is 0.369 e. The maximum atomic E-state index is 13.8. The van der Waals surface area contributed by atoms with Gasteiger partial charge in [-0.15, -0.1) is 0 Å². The van der Waals surface area contributed by atoms with Gasteiger partial charge in [-0.2, -0.15) is 18.3 Å². The van der Waals surface area contributed by atoms with Crippen molar-refractivity contribution in [2.75, 3.05) is 42.9 Å². The summed E-state index contributed by atoms with van der Waals surface area (Å²) in [6.07, 6.45) is -2.23. The SMILES string of the molecule is CCN1CCN(c2ccc(C3(N)N=CC(C(F)(F)F)=C(Nc4ccc5[nH]ncc5c4)N3)cc2)CC1. The second kappa shape index (κ2) is 8.90. The van der Waals surface area contributed by atoms with Crippen LogP contribution in [0.1, 0.15) is 12.5 Å². The predicted octanol–water partition coefficient (Wildman–Crippen LogP) is 3.33. The van der Waals surface area contributed by atoms with Crippen LogP contribution in [0.4, 0.5) is 24.5 Å². The molecule has 0 spiro atoms. The molecule has 0 radical (unpaired) electrons. The van der Waals surface area contributed by atoms with Gasteiger partial charge in [-0.25, -0.2) is 4.99 Å². The first-order chi connectivity index (χ1) is 16.7. The molecule has 5 rings (SSSR count). The molecule has 0 saturated carbocycles. The lowest BCUT2D eigenvalue weighted by molar-refractivity contribution is -0.0871. The Morgan fingerprint density at radius 1 is 1.09 bits per heavy atom. The first-order valence-corrected chi connectivity index (χ1v) is 11.5. The molecule has 1 aromatic heterocycles.